The Bertz CT molecular complexity index is 1340. The molecule has 5 N–H and O–H groups in total. The zero-order valence-electron chi connectivity index (χ0n) is 16.0. The summed E-state index contributed by atoms with van der Waals surface area (Å²) in [5, 5.41) is 18.9. The molecule has 152 valence electrons. The van der Waals surface area contributed by atoms with Crippen molar-refractivity contribution >= 4 is 33.3 Å². The molecule has 2 saturated carbocycles. The number of aromatic amines is 2. The molecule has 4 aromatic rings. The number of fused-ring (bicyclic) bond motifs is 10. The average Bonchev–Trinajstić information content (AvgIpc) is 3.51. The number of H-pyrrole nitrogens is 2. The van der Waals surface area contributed by atoms with Crippen molar-refractivity contribution in [1.82, 2.24) is 20.4 Å². The fraction of sp³-hybridized carbons (Fsp3) is 0.364. The number of nitrogens with two attached hydrogens (primary N) is 1. The number of nitrogens with zero attached hydrogens (tertiary/aromatic N) is 2. The number of nitrogen functional groups attached to an aromatic ring is 1. The summed E-state index contributed by atoms with van der Waals surface area (Å²) in [5.41, 5.74) is 9.31. The van der Waals surface area contributed by atoms with Crippen molar-refractivity contribution in [3.05, 3.63) is 47.2 Å². The van der Waals surface area contributed by atoms with E-state index in [1.54, 1.807) is 12.3 Å². The number of hydrogen-bond acceptors (Lipinski definition) is 4. The van der Waals surface area contributed by atoms with E-state index >= 15 is 8.78 Å². The standard InChI is InChI=1S/C22H20F2N6/c23-13-5-15-11(22(25)30-29-15)4-10(13)20-18-9-2-1-8(3-9)17(18)19-12-7-26-28-16(12)6-14(24)21(19)27-20/h4-9,17-18,20,27H,1-3H2,(H,26,28)(H3,25,29,30)/t8-,9-,17+,18-,20+/m1/s1. The molecular formula is C22H20F2N6. The molecule has 5 atom stereocenters. The molecule has 0 radical (unpaired) electrons. The minimum atomic E-state index is -0.322. The Morgan fingerprint density at radius 1 is 0.967 bits per heavy atom. The molecule has 3 aliphatic rings. The number of benzene rings is 2. The maximum absolute atomic E-state index is 15.3. The van der Waals surface area contributed by atoms with Gasteiger partial charge in [0.2, 0.25) is 0 Å². The van der Waals surface area contributed by atoms with E-state index < -0.39 is 0 Å². The highest BCUT2D eigenvalue weighted by Crippen LogP contribution is 2.65. The lowest BCUT2D eigenvalue weighted by Crippen LogP contribution is -2.36. The summed E-state index contributed by atoms with van der Waals surface area (Å²) in [5.74, 6) is 1.09. The van der Waals surface area contributed by atoms with Crippen molar-refractivity contribution in [1.29, 1.82) is 0 Å². The first-order valence-electron chi connectivity index (χ1n) is 10.4. The van der Waals surface area contributed by atoms with Gasteiger partial charge in [-0.05, 0) is 60.6 Å². The second-order valence-corrected chi connectivity index (χ2v) is 9.06. The first-order chi connectivity index (χ1) is 14.6. The van der Waals surface area contributed by atoms with Crippen LogP contribution < -0.4 is 11.1 Å². The smallest absolute Gasteiger partial charge is 0.153 e. The molecule has 2 bridgehead atoms. The van der Waals surface area contributed by atoms with Crippen LogP contribution in [0.4, 0.5) is 20.3 Å². The van der Waals surface area contributed by atoms with Gasteiger partial charge in [0.25, 0.3) is 0 Å². The normalized spacial score (nSPS) is 29.3. The van der Waals surface area contributed by atoms with E-state index in [1.807, 2.05) is 0 Å². The lowest BCUT2D eigenvalue weighted by molar-refractivity contribution is 0.245. The highest BCUT2D eigenvalue weighted by atomic mass is 19.1. The molecule has 3 heterocycles. The number of rotatable bonds is 1. The van der Waals surface area contributed by atoms with Crippen LogP contribution in [0.15, 0.2) is 24.4 Å². The van der Waals surface area contributed by atoms with Gasteiger partial charge in [0.1, 0.15) is 11.6 Å². The predicted molar refractivity (Wildman–Crippen MR) is 110 cm³/mol. The maximum Gasteiger partial charge on any atom is 0.153 e. The van der Waals surface area contributed by atoms with Gasteiger partial charge < -0.3 is 11.1 Å². The lowest BCUT2D eigenvalue weighted by atomic mass is 9.67. The van der Waals surface area contributed by atoms with Gasteiger partial charge in [-0.2, -0.15) is 10.2 Å². The fourth-order valence-electron chi connectivity index (χ4n) is 6.67. The molecule has 1 aliphatic heterocycles. The van der Waals surface area contributed by atoms with Gasteiger partial charge in [-0.25, -0.2) is 8.78 Å². The number of aromatic nitrogens is 4. The second-order valence-electron chi connectivity index (χ2n) is 9.06. The summed E-state index contributed by atoms with van der Waals surface area (Å²) >= 11 is 0. The molecule has 8 heteroatoms. The summed E-state index contributed by atoms with van der Waals surface area (Å²) in [6, 6.07) is 4.40. The molecule has 0 amide bonds. The molecule has 2 fully saturated rings. The Labute approximate surface area is 170 Å². The first kappa shape index (κ1) is 16.6. The Morgan fingerprint density at radius 3 is 2.67 bits per heavy atom. The minimum absolute atomic E-state index is 0.192. The minimum Gasteiger partial charge on any atom is -0.382 e. The van der Waals surface area contributed by atoms with Crippen molar-refractivity contribution in [3.63, 3.8) is 0 Å². The fourth-order valence-corrected chi connectivity index (χ4v) is 6.67. The highest BCUT2D eigenvalue weighted by Gasteiger charge is 2.55. The van der Waals surface area contributed by atoms with Gasteiger partial charge in [0.15, 0.2) is 5.82 Å². The van der Waals surface area contributed by atoms with E-state index in [1.165, 1.54) is 12.1 Å². The Hall–Kier alpha value is -3.16. The van der Waals surface area contributed by atoms with Gasteiger partial charge in [-0.3, -0.25) is 10.2 Å². The van der Waals surface area contributed by atoms with Gasteiger partial charge in [-0.1, -0.05) is 0 Å². The number of anilines is 2. The van der Waals surface area contributed by atoms with Crippen molar-refractivity contribution in [2.45, 2.75) is 31.2 Å². The quantitative estimate of drug-likeness (QED) is 0.372. The van der Waals surface area contributed by atoms with E-state index in [0.717, 1.165) is 30.2 Å². The van der Waals surface area contributed by atoms with Crippen LogP contribution in [-0.2, 0) is 0 Å². The second kappa shape index (κ2) is 5.50. The SMILES string of the molecule is Nc1n[nH]c2cc(F)c([C@@H]3Nc4c(F)cc5[nH]ncc5c4[C@H]4[C@@H]5CC[C@H](C5)[C@H]43)cc12. The molecule has 2 aliphatic carbocycles. The third-order valence-corrected chi connectivity index (χ3v) is 7.78. The predicted octanol–water partition coefficient (Wildman–Crippen LogP) is 4.60. The summed E-state index contributed by atoms with van der Waals surface area (Å²) in [6.07, 6.45) is 5.18. The number of hydrogen-bond donors (Lipinski definition) is 4. The summed E-state index contributed by atoms with van der Waals surface area (Å²) < 4.78 is 30.5. The Kier molecular flexibility index (Phi) is 3.05. The van der Waals surface area contributed by atoms with Gasteiger partial charge in [0, 0.05) is 22.4 Å². The van der Waals surface area contributed by atoms with Gasteiger partial charge in [-0.15, -0.1) is 0 Å². The van der Waals surface area contributed by atoms with Crippen LogP contribution in [0.1, 0.15) is 42.3 Å². The van der Waals surface area contributed by atoms with E-state index in [4.69, 9.17) is 5.73 Å². The molecule has 6 nitrogen and oxygen atoms in total. The lowest BCUT2D eigenvalue weighted by Gasteiger charge is -2.44. The van der Waals surface area contributed by atoms with Crippen LogP contribution >= 0.6 is 0 Å². The van der Waals surface area contributed by atoms with E-state index in [0.29, 0.717) is 45.3 Å². The summed E-state index contributed by atoms with van der Waals surface area (Å²) in [7, 11) is 0. The molecule has 30 heavy (non-hydrogen) atoms. The molecule has 7 rings (SSSR count). The van der Waals surface area contributed by atoms with Gasteiger partial charge in [0.05, 0.1) is 29.0 Å². The largest absolute Gasteiger partial charge is 0.382 e. The Balaban J connectivity index is 1.48. The third-order valence-electron chi connectivity index (χ3n) is 7.78. The van der Waals surface area contributed by atoms with E-state index in [-0.39, 0.29) is 29.5 Å². The van der Waals surface area contributed by atoms with E-state index in [2.05, 4.69) is 25.7 Å². The Morgan fingerprint density at radius 2 is 1.77 bits per heavy atom. The zero-order valence-corrected chi connectivity index (χ0v) is 16.0. The van der Waals surface area contributed by atoms with Crippen molar-refractivity contribution in [2.75, 3.05) is 11.1 Å². The van der Waals surface area contributed by atoms with Gasteiger partial charge >= 0.3 is 0 Å². The average molecular weight is 406 g/mol. The van der Waals surface area contributed by atoms with Crippen molar-refractivity contribution in [2.24, 2.45) is 17.8 Å². The summed E-state index contributed by atoms with van der Waals surface area (Å²) in [4.78, 5) is 0. The molecule has 0 saturated heterocycles. The number of halogens is 2. The zero-order chi connectivity index (χ0) is 20.1. The van der Waals surface area contributed by atoms with Crippen LogP contribution in [0.2, 0.25) is 0 Å². The van der Waals surface area contributed by atoms with Crippen LogP contribution in [0, 0.1) is 29.4 Å². The number of nitrogens with one attached hydrogen (secondary N) is 3. The van der Waals surface area contributed by atoms with Crippen molar-refractivity contribution in [3.8, 4) is 0 Å². The summed E-state index contributed by atoms with van der Waals surface area (Å²) in [6.45, 7) is 0. The highest BCUT2D eigenvalue weighted by molar-refractivity contribution is 5.91. The van der Waals surface area contributed by atoms with Crippen LogP contribution in [-0.4, -0.2) is 20.4 Å². The third kappa shape index (κ3) is 1.96. The van der Waals surface area contributed by atoms with Crippen LogP contribution in [0.25, 0.3) is 21.8 Å². The van der Waals surface area contributed by atoms with Crippen LogP contribution in [0.3, 0.4) is 0 Å². The molecule has 0 unspecified atom stereocenters. The first-order valence-corrected chi connectivity index (χ1v) is 10.4. The monoisotopic (exact) mass is 406 g/mol. The maximum atomic E-state index is 15.3. The molecular weight excluding hydrogens is 386 g/mol. The topological polar surface area (TPSA) is 95.4 Å². The molecule has 2 aromatic carbocycles. The van der Waals surface area contributed by atoms with Crippen molar-refractivity contribution < 1.29 is 8.78 Å². The molecule has 0 spiro atoms. The van der Waals surface area contributed by atoms with Crippen LogP contribution in [0.5, 0.6) is 0 Å². The molecule has 2 aromatic heterocycles. The van der Waals surface area contributed by atoms with E-state index in [9.17, 15) is 0 Å².